The Bertz CT molecular complexity index is 575. The molecule has 0 saturated heterocycles. The van der Waals surface area contributed by atoms with E-state index in [-0.39, 0.29) is 5.69 Å². The Morgan fingerprint density at radius 3 is 2.88 bits per heavy atom. The molecule has 2 aromatic rings. The van der Waals surface area contributed by atoms with Gasteiger partial charge in [-0.2, -0.15) is 0 Å². The highest BCUT2D eigenvalue weighted by atomic mass is 32.1. The maximum atomic E-state index is 11.5. The number of rotatable bonds is 3. The number of H-pyrrole nitrogens is 1. The van der Waals surface area contributed by atoms with Gasteiger partial charge in [-0.05, 0) is 25.2 Å². The minimum absolute atomic E-state index is 0.282. The number of nitrogens with one attached hydrogen (secondary N) is 1. The van der Waals surface area contributed by atoms with E-state index in [1.54, 1.807) is 25.4 Å². The average molecular weight is 250 g/mol. The highest BCUT2D eigenvalue weighted by Crippen LogP contribution is 2.06. The molecule has 0 aromatic carbocycles. The Labute approximate surface area is 102 Å². The van der Waals surface area contributed by atoms with Crippen LogP contribution >= 0.6 is 12.2 Å². The third kappa shape index (κ3) is 2.39. The normalized spacial score (nSPS) is 10.2. The zero-order valence-corrected chi connectivity index (χ0v) is 9.90. The molecule has 0 unspecified atom stereocenters. The lowest BCUT2D eigenvalue weighted by molar-refractivity contribution is 0.0520. The van der Waals surface area contributed by atoms with Crippen LogP contribution in [0.25, 0.3) is 5.95 Å². The number of aromatic nitrogens is 4. The molecule has 0 fully saturated rings. The van der Waals surface area contributed by atoms with Gasteiger partial charge in [0, 0.05) is 18.6 Å². The molecular formula is C10H10N4O2S. The fraction of sp³-hybridized carbons (Fsp3) is 0.200. The van der Waals surface area contributed by atoms with E-state index in [0.29, 0.717) is 17.3 Å². The molecule has 6 nitrogen and oxygen atoms in total. The molecule has 88 valence electrons. The summed E-state index contributed by atoms with van der Waals surface area (Å²) in [5.74, 6) is -0.0439. The summed E-state index contributed by atoms with van der Waals surface area (Å²) in [7, 11) is 0. The van der Waals surface area contributed by atoms with Crippen molar-refractivity contribution in [1.82, 2.24) is 19.5 Å². The van der Waals surface area contributed by atoms with Crippen molar-refractivity contribution in [3.8, 4) is 5.95 Å². The first kappa shape index (κ1) is 11.5. The zero-order valence-electron chi connectivity index (χ0n) is 9.08. The second kappa shape index (κ2) is 4.88. The first-order valence-corrected chi connectivity index (χ1v) is 5.39. The van der Waals surface area contributed by atoms with Gasteiger partial charge in [0.1, 0.15) is 5.69 Å². The van der Waals surface area contributed by atoms with E-state index in [2.05, 4.69) is 15.0 Å². The molecular weight excluding hydrogens is 240 g/mol. The fourth-order valence-electron chi connectivity index (χ4n) is 1.27. The highest BCUT2D eigenvalue weighted by Gasteiger charge is 2.12. The standard InChI is InChI=1S/C10H10N4O2S/c1-2-16-8(15)7-6-14(10(17)13-7)9-11-4-3-5-12-9/h3-6H,2H2,1H3,(H,13,17). The van der Waals surface area contributed by atoms with Crippen LogP contribution < -0.4 is 0 Å². The second-order valence-corrected chi connectivity index (χ2v) is 3.50. The number of ether oxygens (including phenoxy) is 1. The maximum absolute atomic E-state index is 11.5. The molecule has 0 aliphatic heterocycles. The van der Waals surface area contributed by atoms with Crippen molar-refractivity contribution in [1.29, 1.82) is 0 Å². The number of imidazole rings is 1. The van der Waals surface area contributed by atoms with Crippen molar-refractivity contribution in [2.75, 3.05) is 6.61 Å². The molecule has 0 aliphatic carbocycles. The summed E-state index contributed by atoms with van der Waals surface area (Å²) < 4.78 is 6.72. The molecule has 2 heterocycles. The van der Waals surface area contributed by atoms with E-state index in [0.717, 1.165) is 0 Å². The summed E-state index contributed by atoms with van der Waals surface area (Å²) in [4.78, 5) is 22.3. The summed E-state index contributed by atoms with van der Waals surface area (Å²) in [5.41, 5.74) is 0.282. The number of aromatic amines is 1. The molecule has 2 rings (SSSR count). The van der Waals surface area contributed by atoms with Crippen LogP contribution in [0.4, 0.5) is 0 Å². The molecule has 0 atom stereocenters. The van der Waals surface area contributed by atoms with E-state index in [9.17, 15) is 4.79 Å². The van der Waals surface area contributed by atoms with Gasteiger partial charge in [0.25, 0.3) is 0 Å². The number of hydrogen-bond donors (Lipinski definition) is 1. The third-order valence-electron chi connectivity index (χ3n) is 1.98. The Balaban J connectivity index is 2.38. The molecule has 2 aromatic heterocycles. The van der Waals surface area contributed by atoms with Gasteiger partial charge in [-0.1, -0.05) is 0 Å². The lowest BCUT2D eigenvalue weighted by Crippen LogP contribution is -2.04. The van der Waals surface area contributed by atoms with Crippen LogP contribution in [0, 0.1) is 4.77 Å². The van der Waals surface area contributed by atoms with E-state index < -0.39 is 5.97 Å². The summed E-state index contributed by atoms with van der Waals surface area (Å²) >= 11 is 5.08. The van der Waals surface area contributed by atoms with Crippen LogP contribution in [0.1, 0.15) is 17.4 Å². The summed E-state index contributed by atoms with van der Waals surface area (Å²) in [5, 5.41) is 0. The smallest absolute Gasteiger partial charge is 0.356 e. The van der Waals surface area contributed by atoms with E-state index >= 15 is 0 Å². The van der Waals surface area contributed by atoms with Gasteiger partial charge in [0.05, 0.1) is 6.61 Å². The predicted octanol–water partition coefficient (Wildman–Crippen LogP) is 1.50. The quantitative estimate of drug-likeness (QED) is 0.660. The first-order valence-electron chi connectivity index (χ1n) is 4.98. The Morgan fingerprint density at radius 2 is 2.24 bits per heavy atom. The topological polar surface area (TPSA) is 72.8 Å². The molecule has 0 saturated carbocycles. The summed E-state index contributed by atoms with van der Waals surface area (Å²) in [6.45, 7) is 2.05. The fourth-order valence-corrected chi connectivity index (χ4v) is 1.52. The number of esters is 1. The zero-order chi connectivity index (χ0) is 12.3. The number of hydrogen-bond acceptors (Lipinski definition) is 5. The van der Waals surface area contributed by atoms with Crippen molar-refractivity contribution >= 4 is 18.2 Å². The van der Waals surface area contributed by atoms with Gasteiger partial charge in [-0.15, -0.1) is 0 Å². The summed E-state index contributed by atoms with van der Waals surface area (Å²) in [6.07, 6.45) is 4.72. The van der Waals surface area contributed by atoms with Crippen LogP contribution in [-0.2, 0) is 4.74 Å². The van der Waals surface area contributed by atoms with Crippen LogP contribution in [0.2, 0.25) is 0 Å². The summed E-state index contributed by atoms with van der Waals surface area (Å²) in [6, 6.07) is 1.70. The number of carbonyl (C=O) groups is 1. The van der Waals surface area contributed by atoms with E-state index in [1.807, 2.05) is 0 Å². The van der Waals surface area contributed by atoms with Crippen molar-refractivity contribution < 1.29 is 9.53 Å². The Kier molecular flexibility index (Phi) is 3.29. The molecule has 0 spiro atoms. The van der Waals surface area contributed by atoms with Gasteiger partial charge >= 0.3 is 5.97 Å². The minimum atomic E-state index is -0.451. The predicted molar refractivity (Wildman–Crippen MR) is 62.5 cm³/mol. The maximum Gasteiger partial charge on any atom is 0.356 e. The largest absolute Gasteiger partial charge is 0.461 e. The lowest BCUT2D eigenvalue weighted by atomic mass is 10.5. The van der Waals surface area contributed by atoms with Crippen LogP contribution in [0.3, 0.4) is 0 Å². The molecule has 1 N–H and O–H groups in total. The lowest BCUT2D eigenvalue weighted by Gasteiger charge is -1.98. The minimum Gasteiger partial charge on any atom is -0.461 e. The second-order valence-electron chi connectivity index (χ2n) is 3.11. The van der Waals surface area contributed by atoms with Gasteiger partial charge in [-0.3, -0.25) is 4.57 Å². The first-order chi connectivity index (χ1) is 8.22. The van der Waals surface area contributed by atoms with Crippen LogP contribution in [-0.4, -0.2) is 32.1 Å². The molecule has 7 heteroatoms. The van der Waals surface area contributed by atoms with Gasteiger partial charge < -0.3 is 9.72 Å². The van der Waals surface area contributed by atoms with E-state index in [4.69, 9.17) is 17.0 Å². The van der Waals surface area contributed by atoms with Crippen LogP contribution in [0.5, 0.6) is 0 Å². The Hall–Kier alpha value is -2.02. The molecule has 17 heavy (non-hydrogen) atoms. The van der Waals surface area contributed by atoms with Crippen molar-refractivity contribution in [3.63, 3.8) is 0 Å². The van der Waals surface area contributed by atoms with Crippen LogP contribution in [0.15, 0.2) is 24.7 Å². The van der Waals surface area contributed by atoms with Crippen molar-refractivity contribution in [2.24, 2.45) is 0 Å². The van der Waals surface area contributed by atoms with E-state index in [1.165, 1.54) is 10.8 Å². The van der Waals surface area contributed by atoms with Gasteiger partial charge in [-0.25, -0.2) is 14.8 Å². The highest BCUT2D eigenvalue weighted by molar-refractivity contribution is 7.71. The molecule has 0 bridgehead atoms. The molecule has 0 radical (unpaired) electrons. The number of nitrogens with zero attached hydrogens (tertiary/aromatic N) is 3. The molecule has 0 amide bonds. The van der Waals surface area contributed by atoms with Crippen molar-refractivity contribution in [2.45, 2.75) is 6.92 Å². The van der Waals surface area contributed by atoms with Crippen molar-refractivity contribution in [3.05, 3.63) is 35.1 Å². The SMILES string of the molecule is CCOC(=O)c1cn(-c2ncccn2)c(=S)[nH]1. The monoisotopic (exact) mass is 250 g/mol. The average Bonchev–Trinajstić information content (AvgIpc) is 2.73. The third-order valence-corrected chi connectivity index (χ3v) is 2.28. The van der Waals surface area contributed by atoms with Gasteiger partial charge in [0.2, 0.25) is 5.95 Å². The number of carbonyl (C=O) groups excluding carboxylic acids is 1. The molecule has 0 aliphatic rings. The Morgan fingerprint density at radius 1 is 1.53 bits per heavy atom. The van der Waals surface area contributed by atoms with Gasteiger partial charge in [0.15, 0.2) is 4.77 Å².